The molecule has 0 N–H and O–H groups in total. The molecule has 0 radical (unpaired) electrons. The third-order valence-electron chi connectivity index (χ3n) is 2.93. The predicted molar refractivity (Wildman–Crippen MR) is 61.6 cm³/mol. The molecule has 1 unspecified atom stereocenters. The van der Waals surface area contributed by atoms with Crippen molar-refractivity contribution in [3.63, 3.8) is 0 Å². The van der Waals surface area contributed by atoms with Gasteiger partial charge >= 0.3 is 0 Å². The zero-order valence-electron chi connectivity index (χ0n) is 9.68. The van der Waals surface area contributed by atoms with Crippen molar-refractivity contribution in [2.45, 2.75) is 26.2 Å². The number of aromatic nitrogens is 1. The quantitative estimate of drug-likeness (QED) is 0.761. The molecular weight excluding hydrogens is 242 g/mol. The fourth-order valence-corrected chi connectivity index (χ4v) is 3.87. The van der Waals surface area contributed by atoms with Crippen LogP contribution in [-0.4, -0.2) is 30.7 Å². The van der Waals surface area contributed by atoms with Gasteiger partial charge in [0, 0.05) is 13.3 Å². The van der Waals surface area contributed by atoms with E-state index in [2.05, 4.69) is 4.98 Å². The maximum atomic E-state index is 11.5. The van der Waals surface area contributed by atoms with Gasteiger partial charge in [0.05, 0.1) is 11.5 Å². The van der Waals surface area contributed by atoms with Crippen molar-refractivity contribution in [2.75, 3.05) is 11.5 Å². The zero-order valence-corrected chi connectivity index (χ0v) is 10.5. The number of rotatable bonds is 3. The Morgan fingerprint density at radius 2 is 2.35 bits per heavy atom. The van der Waals surface area contributed by atoms with Crippen LogP contribution < -0.4 is 0 Å². The van der Waals surface area contributed by atoms with Gasteiger partial charge in [0.1, 0.15) is 12.0 Å². The third kappa shape index (κ3) is 3.15. The van der Waals surface area contributed by atoms with E-state index in [1.807, 2.05) is 0 Å². The first-order valence-corrected chi connectivity index (χ1v) is 7.44. The summed E-state index contributed by atoms with van der Waals surface area (Å²) in [4.78, 5) is 15.1. The minimum atomic E-state index is -2.90. The molecule has 0 saturated carbocycles. The van der Waals surface area contributed by atoms with Gasteiger partial charge in [-0.2, -0.15) is 0 Å². The number of ketones is 1. The van der Waals surface area contributed by atoms with Gasteiger partial charge in [-0.05, 0) is 18.8 Å². The van der Waals surface area contributed by atoms with Crippen molar-refractivity contribution in [1.82, 2.24) is 4.98 Å². The molecule has 2 heterocycles. The fourth-order valence-electron chi connectivity index (χ4n) is 2.09. The molecular formula is C11H15NO4S. The molecule has 6 heteroatoms. The summed E-state index contributed by atoms with van der Waals surface area (Å²) in [6.45, 7) is 1.42. The molecule has 94 valence electrons. The van der Waals surface area contributed by atoms with E-state index in [9.17, 15) is 13.2 Å². The molecule has 0 spiro atoms. The van der Waals surface area contributed by atoms with E-state index in [1.54, 1.807) is 0 Å². The van der Waals surface area contributed by atoms with E-state index in [4.69, 9.17) is 4.42 Å². The van der Waals surface area contributed by atoms with Crippen LogP contribution in [0.25, 0.3) is 0 Å². The van der Waals surface area contributed by atoms with E-state index in [1.165, 1.54) is 13.2 Å². The maximum absolute atomic E-state index is 11.5. The number of hydrogen-bond acceptors (Lipinski definition) is 5. The van der Waals surface area contributed by atoms with Crippen LogP contribution >= 0.6 is 0 Å². The monoisotopic (exact) mass is 257 g/mol. The van der Waals surface area contributed by atoms with Crippen LogP contribution in [-0.2, 0) is 16.3 Å². The lowest BCUT2D eigenvalue weighted by atomic mass is 10.0. The molecule has 1 fully saturated rings. The highest BCUT2D eigenvalue weighted by atomic mass is 32.2. The first-order valence-electron chi connectivity index (χ1n) is 5.62. The molecule has 1 aromatic heterocycles. The van der Waals surface area contributed by atoms with Crippen LogP contribution in [0.5, 0.6) is 0 Å². The number of hydrogen-bond donors (Lipinski definition) is 0. The first kappa shape index (κ1) is 12.3. The van der Waals surface area contributed by atoms with Gasteiger partial charge in [-0.15, -0.1) is 0 Å². The van der Waals surface area contributed by atoms with Crippen molar-refractivity contribution < 1.29 is 17.6 Å². The molecule has 0 amide bonds. The molecule has 2 rings (SSSR count). The summed E-state index contributed by atoms with van der Waals surface area (Å²) >= 11 is 0. The highest BCUT2D eigenvalue weighted by molar-refractivity contribution is 7.91. The Labute approximate surface area is 100 Å². The number of nitrogens with zero attached hydrogens (tertiary/aromatic N) is 1. The minimum Gasteiger partial charge on any atom is -0.448 e. The van der Waals surface area contributed by atoms with Gasteiger partial charge in [0.2, 0.25) is 0 Å². The number of Topliss-reactive ketones (excluding diaryl/α,β-unsaturated/α-hetero) is 1. The summed E-state index contributed by atoms with van der Waals surface area (Å²) in [5.41, 5.74) is 0.304. The SMILES string of the molecule is CC(=O)c1coc(CC2CCCS(=O)(=O)C2)n1. The van der Waals surface area contributed by atoms with Crippen LogP contribution in [0.2, 0.25) is 0 Å². The Bertz CT molecular complexity index is 517. The summed E-state index contributed by atoms with van der Waals surface area (Å²) in [5.74, 6) is 0.860. The minimum absolute atomic E-state index is 0.0622. The van der Waals surface area contributed by atoms with Crippen molar-refractivity contribution in [3.05, 3.63) is 17.8 Å². The Hall–Kier alpha value is -1.17. The predicted octanol–water partition coefficient (Wildman–Crippen LogP) is 1.24. The van der Waals surface area contributed by atoms with Gasteiger partial charge in [-0.25, -0.2) is 13.4 Å². The van der Waals surface area contributed by atoms with E-state index < -0.39 is 9.84 Å². The van der Waals surface area contributed by atoms with E-state index >= 15 is 0 Å². The number of carbonyl (C=O) groups excluding carboxylic acids is 1. The summed E-state index contributed by atoms with van der Waals surface area (Å²) < 4.78 is 28.1. The largest absolute Gasteiger partial charge is 0.448 e. The van der Waals surface area contributed by atoms with Gasteiger partial charge in [-0.3, -0.25) is 4.79 Å². The molecule has 0 bridgehead atoms. The molecule has 17 heavy (non-hydrogen) atoms. The standard InChI is InChI=1S/C11H15NO4S/c1-8(13)10-6-16-11(12-10)5-9-3-2-4-17(14,15)7-9/h6,9H,2-5,7H2,1H3. The van der Waals surface area contributed by atoms with Crippen LogP contribution in [0.4, 0.5) is 0 Å². The van der Waals surface area contributed by atoms with Crippen LogP contribution in [0.1, 0.15) is 36.1 Å². The summed E-state index contributed by atoms with van der Waals surface area (Å²) in [5, 5.41) is 0. The molecule has 1 atom stereocenters. The second kappa shape index (κ2) is 4.60. The molecule has 5 nitrogen and oxygen atoms in total. The number of sulfone groups is 1. The Morgan fingerprint density at radius 1 is 1.59 bits per heavy atom. The smallest absolute Gasteiger partial charge is 0.194 e. The fraction of sp³-hybridized carbons (Fsp3) is 0.636. The van der Waals surface area contributed by atoms with Crippen molar-refractivity contribution in [3.8, 4) is 0 Å². The van der Waals surface area contributed by atoms with Crippen LogP contribution in [0.3, 0.4) is 0 Å². The lowest BCUT2D eigenvalue weighted by Gasteiger charge is -2.20. The Balaban J connectivity index is 2.03. The normalized spacial score (nSPS) is 23.5. The second-order valence-electron chi connectivity index (χ2n) is 4.51. The van der Waals surface area contributed by atoms with Crippen molar-refractivity contribution >= 4 is 15.6 Å². The van der Waals surface area contributed by atoms with Crippen molar-refractivity contribution in [2.24, 2.45) is 5.92 Å². The van der Waals surface area contributed by atoms with Crippen molar-refractivity contribution in [1.29, 1.82) is 0 Å². The Kier molecular flexibility index (Phi) is 3.33. The molecule has 1 aliphatic rings. The first-order chi connectivity index (χ1) is 7.96. The highest BCUT2D eigenvalue weighted by Crippen LogP contribution is 2.22. The molecule has 1 saturated heterocycles. The second-order valence-corrected chi connectivity index (χ2v) is 6.74. The lowest BCUT2D eigenvalue weighted by Crippen LogP contribution is -2.26. The number of carbonyl (C=O) groups is 1. The zero-order chi connectivity index (χ0) is 12.5. The highest BCUT2D eigenvalue weighted by Gasteiger charge is 2.26. The number of oxazole rings is 1. The summed E-state index contributed by atoms with van der Waals surface area (Å²) in [6, 6.07) is 0. The molecule has 1 aliphatic heterocycles. The van der Waals surface area contributed by atoms with Gasteiger partial charge in [0.25, 0.3) is 0 Å². The third-order valence-corrected chi connectivity index (χ3v) is 4.82. The van der Waals surface area contributed by atoms with E-state index in [0.717, 1.165) is 6.42 Å². The average molecular weight is 257 g/mol. The topological polar surface area (TPSA) is 77.2 Å². The molecule has 0 aromatic carbocycles. The average Bonchev–Trinajstić information content (AvgIpc) is 2.64. The van der Waals surface area contributed by atoms with Gasteiger partial charge < -0.3 is 4.42 Å². The van der Waals surface area contributed by atoms with Crippen LogP contribution in [0.15, 0.2) is 10.7 Å². The Morgan fingerprint density at radius 3 is 2.94 bits per heavy atom. The van der Waals surface area contributed by atoms with Crippen LogP contribution in [0, 0.1) is 5.92 Å². The summed E-state index contributed by atoms with van der Waals surface area (Å²) in [6.07, 6.45) is 3.39. The lowest BCUT2D eigenvalue weighted by molar-refractivity contribution is 0.101. The van der Waals surface area contributed by atoms with E-state index in [-0.39, 0.29) is 23.2 Å². The van der Waals surface area contributed by atoms with Gasteiger partial charge in [0.15, 0.2) is 21.5 Å². The summed E-state index contributed by atoms with van der Waals surface area (Å²) in [7, 11) is -2.90. The van der Waals surface area contributed by atoms with E-state index in [0.29, 0.717) is 24.4 Å². The molecule has 0 aliphatic carbocycles. The maximum Gasteiger partial charge on any atom is 0.194 e. The molecule has 1 aromatic rings. The van der Waals surface area contributed by atoms with Gasteiger partial charge in [-0.1, -0.05) is 0 Å².